The number of piperazine rings is 1. The molecule has 1 aliphatic heterocycles. The van der Waals surface area contributed by atoms with Gasteiger partial charge in [-0.1, -0.05) is 35.3 Å². The van der Waals surface area contributed by atoms with Crippen molar-refractivity contribution in [1.82, 2.24) is 14.8 Å². The molecule has 1 saturated heterocycles. The van der Waals surface area contributed by atoms with Crippen molar-refractivity contribution in [3.05, 3.63) is 70.1 Å². The number of amides is 2. The van der Waals surface area contributed by atoms with Gasteiger partial charge in [-0.3, -0.25) is 4.79 Å². The van der Waals surface area contributed by atoms with Gasteiger partial charge in [-0.2, -0.15) is 0 Å². The summed E-state index contributed by atoms with van der Waals surface area (Å²) >= 11 is 12.4. The number of nitrogen functional groups attached to an aromatic ring is 1. The number of benzene rings is 2. The Labute approximate surface area is 254 Å². The molecule has 0 radical (unpaired) electrons. The Morgan fingerprint density at radius 2 is 1.67 bits per heavy atom. The number of carbonyl (C=O) groups excluding carboxylic acids is 2. The fourth-order valence-corrected chi connectivity index (χ4v) is 5.00. The molecule has 0 aliphatic carbocycles. The van der Waals surface area contributed by atoms with Gasteiger partial charge in [0.25, 0.3) is 5.91 Å². The minimum Gasteiger partial charge on any atom is -0.484 e. The van der Waals surface area contributed by atoms with Crippen LogP contribution in [0.3, 0.4) is 0 Å². The number of rotatable bonds is 7. The smallest absolute Gasteiger partial charge is 0.410 e. The highest BCUT2D eigenvalue weighted by Gasteiger charge is 2.28. The zero-order chi connectivity index (χ0) is 30.6. The SMILES string of the molecule is CC(Oc1cc(-c2ccc(OCC(=O)N3CCN(C(=O)OC(C)(C)C)CC3)cc2)cnc1N)c1c(Cl)ccc(F)c1Cl. The molecule has 0 bridgehead atoms. The summed E-state index contributed by atoms with van der Waals surface area (Å²) in [7, 11) is 0. The Morgan fingerprint density at radius 3 is 2.31 bits per heavy atom. The fourth-order valence-electron chi connectivity index (χ4n) is 4.32. The number of nitrogens with zero attached hydrogens (tertiary/aromatic N) is 3. The van der Waals surface area contributed by atoms with Crippen molar-refractivity contribution >= 4 is 41.0 Å². The summed E-state index contributed by atoms with van der Waals surface area (Å²) in [6, 6.07) is 11.5. The molecule has 4 rings (SSSR count). The molecule has 42 heavy (non-hydrogen) atoms. The summed E-state index contributed by atoms with van der Waals surface area (Å²) < 4.78 is 31.1. The van der Waals surface area contributed by atoms with Gasteiger partial charge in [-0.15, -0.1) is 0 Å². The maximum Gasteiger partial charge on any atom is 0.410 e. The lowest BCUT2D eigenvalue weighted by Crippen LogP contribution is -2.52. The molecule has 9 nitrogen and oxygen atoms in total. The van der Waals surface area contributed by atoms with Gasteiger partial charge in [-0.25, -0.2) is 14.2 Å². The van der Waals surface area contributed by atoms with E-state index in [-0.39, 0.29) is 40.2 Å². The first-order valence-electron chi connectivity index (χ1n) is 13.4. The Morgan fingerprint density at radius 1 is 1.02 bits per heavy atom. The maximum absolute atomic E-state index is 14.0. The molecule has 0 spiro atoms. The van der Waals surface area contributed by atoms with E-state index in [1.54, 1.807) is 41.1 Å². The number of hydrogen-bond donors (Lipinski definition) is 1. The van der Waals surface area contributed by atoms with Gasteiger partial charge in [0, 0.05) is 48.5 Å². The van der Waals surface area contributed by atoms with Crippen LogP contribution < -0.4 is 15.2 Å². The zero-order valence-electron chi connectivity index (χ0n) is 23.8. The number of pyridine rings is 1. The summed E-state index contributed by atoms with van der Waals surface area (Å²) in [5.41, 5.74) is 7.30. The van der Waals surface area contributed by atoms with Gasteiger partial charge in [0.05, 0.1) is 5.02 Å². The van der Waals surface area contributed by atoms with Crippen LogP contribution in [0.2, 0.25) is 10.0 Å². The van der Waals surface area contributed by atoms with Crippen molar-refractivity contribution < 1.29 is 28.2 Å². The van der Waals surface area contributed by atoms with E-state index >= 15 is 0 Å². The van der Waals surface area contributed by atoms with E-state index in [2.05, 4.69) is 4.98 Å². The van der Waals surface area contributed by atoms with Crippen LogP contribution in [0.5, 0.6) is 11.5 Å². The molecule has 1 aliphatic rings. The number of anilines is 1. The van der Waals surface area contributed by atoms with Crippen LogP contribution in [0.4, 0.5) is 15.0 Å². The van der Waals surface area contributed by atoms with Crippen LogP contribution in [0.25, 0.3) is 11.1 Å². The second-order valence-corrected chi connectivity index (χ2v) is 11.6. The van der Waals surface area contributed by atoms with Gasteiger partial charge in [-0.05, 0) is 63.6 Å². The number of halogens is 3. The summed E-state index contributed by atoms with van der Waals surface area (Å²) in [6.45, 7) is 8.63. The molecule has 12 heteroatoms. The Hall–Kier alpha value is -3.76. The van der Waals surface area contributed by atoms with Gasteiger partial charge >= 0.3 is 6.09 Å². The third-order valence-corrected chi connectivity index (χ3v) is 7.22. The van der Waals surface area contributed by atoms with Crippen molar-refractivity contribution in [3.8, 4) is 22.6 Å². The van der Waals surface area contributed by atoms with Crippen LogP contribution in [0.1, 0.15) is 39.4 Å². The molecule has 2 N–H and O–H groups in total. The first kappa shape index (κ1) is 31.2. The van der Waals surface area contributed by atoms with Gasteiger partial charge in [0.15, 0.2) is 18.2 Å². The minimum atomic E-state index is -0.700. The van der Waals surface area contributed by atoms with Gasteiger partial charge in [0.2, 0.25) is 0 Å². The molecule has 2 aromatic carbocycles. The number of carbonyl (C=O) groups is 2. The highest BCUT2D eigenvalue weighted by molar-refractivity contribution is 6.36. The molecule has 2 amide bonds. The van der Waals surface area contributed by atoms with Crippen LogP contribution in [0, 0.1) is 5.82 Å². The van der Waals surface area contributed by atoms with Crippen LogP contribution in [-0.4, -0.2) is 65.2 Å². The average molecular weight is 620 g/mol. The quantitative estimate of drug-likeness (QED) is 0.306. The third-order valence-electron chi connectivity index (χ3n) is 6.51. The van der Waals surface area contributed by atoms with Gasteiger partial charge < -0.3 is 29.7 Å². The second-order valence-electron chi connectivity index (χ2n) is 10.8. The lowest BCUT2D eigenvalue weighted by Gasteiger charge is -2.35. The first-order valence-corrected chi connectivity index (χ1v) is 14.1. The third kappa shape index (κ3) is 7.74. The normalized spacial score (nSPS) is 14.4. The fraction of sp³-hybridized carbons (Fsp3) is 0.367. The number of aromatic nitrogens is 1. The predicted octanol–water partition coefficient (Wildman–Crippen LogP) is 6.37. The van der Waals surface area contributed by atoms with Crippen molar-refractivity contribution in [2.75, 3.05) is 38.5 Å². The molecular weight excluding hydrogens is 586 g/mol. The minimum absolute atomic E-state index is 0.116. The predicted molar refractivity (Wildman–Crippen MR) is 159 cm³/mol. The molecule has 1 fully saturated rings. The number of nitrogens with two attached hydrogens (primary N) is 1. The summed E-state index contributed by atoms with van der Waals surface area (Å²) in [6.07, 6.45) is 0.523. The monoisotopic (exact) mass is 618 g/mol. The largest absolute Gasteiger partial charge is 0.484 e. The van der Waals surface area contributed by atoms with Crippen molar-refractivity contribution in [3.63, 3.8) is 0 Å². The number of ether oxygens (including phenoxy) is 3. The van der Waals surface area contributed by atoms with Crippen LogP contribution in [-0.2, 0) is 9.53 Å². The Balaban J connectivity index is 1.33. The van der Waals surface area contributed by atoms with Crippen LogP contribution in [0.15, 0.2) is 48.7 Å². The van der Waals surface area contributed by atoms with E-state index in [9.17, 15) is 14.0 Å². The van der Waals surface area contributed by atoms with E-state index in [1.165, 1.54) is 12.1 Å². The first-order chi connectivity index (χ1) is 19.8. The highest BCUT2D eigenvalue weighted by Crippen LogP contribution is 2.37. The Kier molecular flexibility index (Phi) is 9.68. The van der Waals surface area contributed by atoms with Gasteiger partial charge in [0.1, 0.15) is 23.3 Å². The van der Waals surface area contributed by atoms with Crippen molar-refractivity contribution in [2.24, 2.45) is 0 Å². The zero-order valence-corrected chi connectivity index (χ0v) is 25.3. The Bertz CT molecular complexity index is 1440. The topological polar surface area (TPSA) is 107 Å². The summed E-state index contributed by atoms with van der Waals surface area (Å²) in [5, 5.41) is 0.156. The van der Waals surface area contributed by atoms with Crippen molar-refractivity contribution in [2.45, 2.75) is 39.4 Å². The van der Waals surface area contributed by atoms with E-state index < -0.39 is 17.5 Å². The second kappa shape index (κ2) is 13.0. The lowest BCUT2D eigenvalue weighted by molar-refractivity contribution is -0.135. The molecule has 2 heterocycles. The maximum atomic E-state index is 14.0. The van der Waals surface area contributed by atoms with E-state index in [1.807, 2.05) is 32.9 Å². The standard InChI is InChI=1S/C30H33Cl2FN4O5/c1-18(26-22(31)9-10-23(33)27(26)32)41-24-15-20(16-35-28(24)34)19-5-7-21(8-6-19)40-17-25(38)36-11-13-37(14-12-36)29(39)42-30(2,3)4/h5-10,15-16,18H,11-14,17H2,1-4H3,(H2,34,35). The molecular formula is C30H33Cl2FN4O5. The number of hydrogen-bond acceptors (Lipinski definition) is 7. The molecule has 0 saturated carbocycles. The highest BCUT2D eigenvalue weighted by atomic mass is 35.5. The molecule has 1 unspecified atom stereocenters. The van der Waals surface area contributed by atoms with Crippen molar-refractivity contribution in [1.29, 1.82) is 0 Å². The summed E-state index contributed by atoms with van der Waals surface area (Å²) in [5.74, 6) is 0.188. The van der Waals surface area contributed by atoms with E-state index in [4.69, 9.17) is 43.1 Å². The lowest BCUT2D eigenvalue weighted by atomic mass is 10.1. The van der Waals surface area contributed by atoms with E-state index in [0.29, 0.717) is 43.1 Å². The van der Waals surface area contributed by atoms with Crippen LogP contribution >= 0.6 is 23.2 Å². The summed E-state index contributed by atoms with van der Waals surface area (Å²) in [4.78, 5) is 32.4. The average Bonchev–Trinajstić information content (AvgIpc) is 2.94. The molecule has 1 aromatic heterocycles. The molecule has 3 aromatic rings. The van der Waals surface area contributed by atoms with E-state index in [0.717, 1.165) is 5.56 Å². The molecule has 224 valence electrons. The molecule has 1 atom stereocenters.